The van der Waals surface area contributed by atoms with Crippen LogP contribution >= 0.6 is 0 Å². The van der Waals surface area contributed by atoms with Gasteiger partial charge in [0.25, 0.3) is 5.91 Å². The molecule has 1 aromatic rings. The molecule has 0 bridgehead atoms. The van der Waals surface area contributed by atoms with E-state index in [-0.39, 0.29) is 12.3 Å². The van der Waals surface area contributed by atoms with Gasteiger partial charge in [0.05, 0.1) is 7.11 Å². The zero-order chi connectivity index (χ0) is 16.3. The molecule has 118 valence electrons. The number of hydrogen-bond donors (Lipinski definition) is 2. The van der Waals surface area contributed by atoms with Crippen LogP contribution in [0.5, 0.6) is 5.75 Å². The van der Waals surface area contributed by atoms with Crippen molar-refractivity contribution in [2.75, 3.05) is 7.11 Å². The minimum absolute atomic E-state index is 0.0112. The highest BCUT2D eigenvalue weighted by molar-refractivity contribution is 7.91. The Balaban J connectivity index is 2.12. The van der Waals surface area contributed by atoms with Crippen LogP contribution in [0.15, 0.2) is 29.3 Å². The van der Waals surface area contributed by atoms with Gasteiger partial charge < -0.3 is 4.74 Å². The number of ether oxygens (including phenoxy) is 1. The van der Waals surface area contributed by atoms with E-state index in [0.717, 1.165) is 0 Å². The second-order valence-electron chi connectivity index (χ2n) is 4.64. The monoisotopic (exact) mass is 325 g/mol. The molecule has 3 amide bonds. The van der Waals surface area contributed by atoms with Crippen molar-refractivity contribution in [3.05, 3.63) is 29.8 Å². The molecule has 2 N–H and O–H groups in total. The first-order valence-corrected chi connectivity index (χ1v) is 7.89. The van der Waals surface area contributed by atoms with Crippen LogP contribution in [0.2, 0.25) is 0 Å². The summed E-state index contributed by atoms with van der Waals surface area (Å²) in [6.45, 7) is 1.34. The molecule has 0 aromatic heterocycles. The number of nitrogens with one attached hydrogen (secondary N) is 2. The molecular formula is C13H15N3O5S. The van der Waals surface area contributed by atoms with Crippen molar-refractivity contribution in [3.63, 3.8) is 0 Å². The number of urea groups is 1. The van der Waals surface area contributed by atoms with Crippen molar-refractivity contribution in [1.82, 2.24) is 10.0 Å². The van der Waals surface area contributed by atoms with E-state index in [1.54, 1.807) is 24.3 Å². The normalized spacial score (nSPS) is 18.6. The van der Waals surface area contributed by atoms with Gasteiger partial charge in [-0.25, -0.2) is 22.9 Å². The number of imide groups is 1. The maximum atomic E-state index is 12.2. The van der Waals surface area contributed by atoms with Crippen molar-refractivity contribution < 1.29 is 22.7 Å². The lowest BCUT2D eigenvalue weighted by atomic mass is 10.2. The van der Waals surface area contributed by atoms with Gasteiger partial charge in [-0.15, -0.1) is 0 Å². The van der Waals surface area contributed by atoms with E-state index in [2.05, 4.69) is 9.71 Å². The van der Waals surface area contributed by atoms with Crippen LogP contribution in [0.25, 0.3) is 0 Å². The van der Waals surface area contributed by atoms with Crippen molar-refractivity contribution in [2.45, 2.75) is 18.7 Å². The summed E-state index contributed by atoms with van der Waals surface area (Å²) in [6, 6.07) is 5.94. The number of methoxy groups -OCH3 is 1. The molecule has 0 aliphatic carbocycles. The van der Waals surface area contributed by atoms with Crippen LogP contribution < -0.4 is 14.8 Å². The van der Waals surface area contributed by atoms with E-state index >= 15 is 0 Å². The minimum atomic E-state index is -4.00. The van der Waals surface area contributed by atoms with Gasteiger partial charge in [0.15, 0.2) is 5.25 Å². The van der Waals surface area contributed by atoms with Gasteiger partial charge in [-0.05, 0) is 24.6 Å². The lowest BCUT2D eigenvalue weighted by Crippen LogP contribution is -2.53. The van der Waals surface area contributed by atoms with E-state index in [1.807, 2.05) is 5.32 Å². The predicted molar refractivity (Wildman–Crippen MR) is 79.2 cm³/mol. The molecule has 1 unspecified atom stereocenters. The third-order valence-corrected chi connectivity index (χ3v) is 4.79. The predicted octanol–water partition coefficient (Wildman–Crippen LogP) is 0.194. The van der Waals surface area contributed by atoms with Crippen LogP contribution in [0.4, 0.5) is 4.79 Å². The van der Waals surface area contributed by atoms with Crippen LogP contribution in [-0.4, -0.2) is 38.4 Å². The van der Waals surface area contributed by atoms with Crippen molar-refractivity contribution in [3.8, 4) is 5.75 Å². The zero-order valence-corrected chi connectivity index (χ0v) is 12.8. The smallest absolute Gasteiger partial charge is 0.347 e. The maximum Gasteiger partial charge on any atom is 0.347 e. The number of carbonyl (C=O) groups is 2. The summed E-state index contributed by atoms with van der Waals surface area (Å²) >= 11 is 0. The molecule has 22 heavy (non-hydrogen) atoms. The Morgan fingerprint density at radius 3 is 2.45 bits per heavy atom. The number of benzene rings is 1. The molecule has 0 radical (unpaired) electrons. The highest BCUT2D eigenvalue weighted by Gasteiger charge is 2.39. The number of aliphatic imine (C=N–C) groups is 1. The van der Waals surface area contributed by atoms with E-state index in [9.17, 15) is 18.0 Å². The Morgan fingerprint density at radius 2 is 1.91 bits per heavy atom. The lowest BCUT2D eigenvalue weighted by Gasteiger charge is -2.20. The van der Waals surface area contributed by atoms with E-state index in [0.29, 0.717) is 11.3 Å². The van der Waals surface area contributed by atoms with Crippen LogP contribution in [-0.2, 0) is 21.4 Å². The first-order chi connectivity index (χ1) is 10.3. The van der Waals surface area contributed by atoms with Gasteiger partial charge in [-0.3, -0.25) is 10.1 Å². The SMILES string of the molecule is COc1ccc(CNS(=O)(=O)C2C(=O)NC(=O)N=C2C)cc1. The summed E-state index contributed by atoms with van der Waals surface area (Å²) in [4.78, 5) is 26.2. The molecule has 1 aliphatic rings. The first-order valence-electron chi connectivity index (χ1n) is 6.35. The molecule has 1 atom stereocenters. The van der Waals surface area contributed by atoms with E-state index < -0.39 is 27.2 Å². The van der Waals surface area contributed by atoms with Crippen LogP contribution in [0.3, 0.4) is 0 Å². The Bertz CT molecular complexity index is 725. The molecule has 2 rings (SSSR count). The Kier molecular flexibility index (Phi) is 4.57. The molecule has 0 saturated heterocycles. The molecule has 1 heterocycles. The number of carbonyl (C=O) groups excluding carboxylic acids is 2. The van der Waals surface area contributed by atoms with Gasteiger partial charge in [-0.2, -0.15) is 0 Å². The molecule has 0 spiro atoms. The number of sulfonamides is 1. The zero-order valence-electron chi connectivity index (χ0n) is 12.0. The van der Waals surface area contributed by atoms with Crippen molar-refractivity contribution in [1.29, 1.82) is 0 Å². The fourth-order valence-electron chi connectivity index (χ4n) is 1.98. The fraction of sp³-hybridized carbons (Fsp3) is 0.308. The molecule has 1 aliphatic heterocycles. The highest BCUT2D eigenvalue weighted by atomic mass is 32.2. The third kappa shape index (κ3) is 3.49. The van der Waals surface area contributed by atoms with Gasteiger partial charge in [0.1, 0.15) is 5.75 Å². The standard InChI is InChI=1S/C13H15N3O5S/c1-8-11(12(17)16-13(18)15-8)22(19,20)14-7-9-3-5-10(21-2)6-4-9/h3-6,11,14H,7H2,1-2H3,(H,16,17,18). The van der Waals surface area contributed by atoms with Gasteiger partial charge >= 0.3 is 6.03 Å². The molecule has 8 nitrogen and oxygen atoms in total. The average Bonchev–Trinajstić information content (AvgIpc) is 2.44. The highest BCUT2D eigenvalue weighted by Crippen LogP contribution is 2.13. The Morgan fingerprint density at radius 1 is 1.27 bits per heavy atom. The fourth-order valence-corrected chi connectivity index (χ4v) is 3.36. The van der Waals surface area contributed by atoms with Gasteiger partial charge in [0, 0.05) is 12.3 Å². The van der Waals surface area contributed by atoms with E-state index in [4.69, 9.17) is 4.74 Å². The third-order valence-electron chi connectivity index (χ3n) is 3.07. The average molecular weight is 325 g/mol. The second kappa shape index (κ2) is 6.24. The summed E-state index contributed by atoms with van der Waals surface area (Å²) in [5, 5.41) is 0.367. The summed E-state index contributed by atoms with van der Waals surface area (Å²) in [5.74, 6) is -0.250. The largest absolute Gasteiger partial charge is 0.497 e. The topological polar surface area (TPSA) is 114 Å². The number of amides is 3. The summed E-state index contributed by atoms with van der Waals surface area (Å²) in [6.07, 6.45) is 0. The molecule has 9 heteroatoms. The Hall–Kier alpha value is -2.26. The number of hydrogen-bond acceptors (Lipinski definition) is 5. The number of nitrogens with zero attached hydrogens (tertiary/aromatic N) is 1. The molecule has 0 saturated carbocycles. The summed E-state index contributed by atoms with van der Waals surface area (Å²) in [7, 11) is -2.46. The first kappa shape index (κ1) is 16.1. The van der Waals surface area contributed by atoms with Crippen molar-refractivity contribution >= 4 is 27.7 Å². The van der Waals surface area contributed by atoms with Crippen LogP contribution in [0, 0.1) is 0 Å². The van der Waals surface area contributed by atoms with Crippen LogP contribution in [0.1, 0.15) is 12.5 Å². The Labute approximate surface area is 127 Å². The quantitative estimate of drug-likeness (QED) is 0.802. The van der Waals surface area contributed by atoms with Gasteiger partial charge in [-0.1, -0.05) is 12.1 Å². The maximum absolute atomic E-state index is 12.2. The van der Waals surface area contributed by atoms with Gasteiger partial charge in [0.2, 0.25) is 10.0 Å². The number of rotatable bonds is 5. The molecule has 0 fully saturated rings. The molecular weight excluding hydrogens is 310 g/mol. The minimum Gasteiger partial charge on any atom is -0.497 e. The molecule has 1 aromatic carbocycles. The second-order valence-corrected chi connectivity index (χ2v) is 6.49. The lowest BCUT2D eigenvalue weighted by molar-refractivity contribution is -0.118. The van der Waals surface area contributed by atoms with E-state index in [1.165, 1.54) is 14.0 Å². The summed E-state index contributed by atoms with van der Waals surface area (Å²) < 4.78 is 31.8. The van der Waals surface area contributed by atoms with Crippen molar-refractivity contribution in [2.24, 2.45) is 4.99 Å². The summed E-state index contributed by atoms with van der Waals surface area (Å²) in [5.41, 5.74) is 0.641.